The summed E-state index contributed by atoms with van der Waals surface area (Å²) in [6.45, 7) is 0. The second-order valence-corrected chi connectivity index (χ2v) is 4.18. The van der Waals surface area contributed by atoms with Gasteiger partial charge in [0.15, 0.2) is 0 Å². The van der Waals surface area contributed by atoms with Crippen molar-refractivity contribution in [3.8, 4) is 11.5 Å². The maximum atomic E-state index is 5.76. The molecule has 1 heterocycles. The van der Waals surface area contributed by atoms with Gasteiger partial charge in [-0.1, -0.05) is 36.0 Å². The summed E-state index contributed by atoms with van der Waals surface area (Å²) in [7, 11) is 0. The summed E-state index contributed by atoms with van der Waals surface area (Å²) in [6, 6.07) is 16.2. The predicted octanol–water partition coefficient (Wildman–Crippen LogP) is 1.06. The monoisotopic (exact) mass is 208 g/mol. The number of rotatable bonds is 0. The third kappa shape index (κ3) is 1.94. The zero-order valence-electron chi connectivity index (χ0n) is 9.44. The van der Waals surface area contributed by atoms with Gasteiger partial charge in [0, 0.05) is 0 Å². The first kappa shape index (κ1) is 10.7. The van der Waals surface area contributed by atoms with E-state index in [2.05, 4.69) is 12.1 Å². The molecule has 0 unspecified atom stereocenters. The van der Waals surface area contributed by atoms with Crippen molar-refractivity contribution in [3.63, 3.8) is 0 Å². The molecular weight excluding hydrogens is 199 g/mol. The Hall–Kier alpha value is -0.813. The largest absolute Gasteiger partial charge is 1.00 e. The minimum atomic E-state index is 0. The van der Waals surface area contributed by atoms with Crippen LogP contribution < -0.4 is 23.6 Å². The fourth-order valence-corrected chi connectivity index (χ4v) is 2.43. The Bertz CT molecular complexity index is 402. The molecule has 0 bridgehead atoms. The first-order chi connectivity index (χ1) is 6.93. The number of para-hydroxylation sites is 2. The summed E-state index contributed by atoms with van der Waals surface area (Å²) in [5, 5.41) is 0. The molecule has 3 heteroatoms. The predicted molar refractivity (Wildman–Crippen MR) is 58.2 cm³/mol. The number of hydrogen-bond acceptors (Lipinski definition) is 2. The summed E-state index contributed by atoms with van der Waals surface area (Å²) < 4.78 is 5.76. The summed E-state index contributed by atoms with van der Waals surface area (Å²) in [4.78, 5) is 2.37. The normalized spacial score (nSPS) is 11.7. The number of ether oxygens (including phenoxy) is 1. The van der Waals surface area contributed by atoms with Crippen LogP contribution in [-0.4, -0.2) is 0 Å². The minimum absolute atomic E-state index is 0. The van der Waals surface area contributed by atoms with Crippen LogP contribution in [0, 0.1) is 0 Å². The molecule has 15 heavy (non-hydrogen) atoms. The van der Waals surface area contributed by atoms with Gasteiger partial charge in [-0.2, -0.15) is 0 Å². The first-order valence-corrected chi connectivity index (χ1v) is 5.29. The van der Waals surface area contributed by atoms with Crippen LogP contribution in [-0.2, 0) is 0 Å². The van der Waals surface area contributed by atoms with Crippen LogP contribution in [0.1, 0.15) is 1.43 Å². The molecule has 2 aromatic carbocycles. The molecule has 0 spiro atoms. The van der Waals surface area contributed by atoms with Crippen molar-refractivity contribution in [1.82, 2.24) is 0 Å². The maximum absolute atomic E-state index is 5.76. The molecule has 0 aliphatic carbocycles. The molecular formula is C12H9LiOS. The van der Waals surface area contributed by atoms with Crippen molar-refractivity contribution in [2.75, 3.05) is 0 Å². The molecule has 1 aliphatic heterocycles. The number of hydrogen-bond donors (Lipinski definition) is 0. The molecule has 0 fully saturated rings. The van der Waals surface area contributed by atoms with Gasteiger partial charge < -0.3 is 6.16 Å². The third-order valence-electron chi connectivity index (χ3n) is 2.14. The maximum Gasteiger partial charge on any atom is 1.00 e. The fraction of sp³-hybridized carbons (Fsp3) is 0. The molecule has 2 aromatic rings. The van der Waals surface area contributed by atoms with Crippen molar-refractivity contribution in [2.45, 2.75) is 9.79 Å². The molecule has 1 aliphatic rings. The quantitative estimate of drug-likeness (QED) is 0.511. The van der Waals surface area contributed by atoms with Crippen molar-refractivity contribution in [2.24, 2.45) is 0 Å². The van der Waals surface area contributed by atoms with Crippen molar-refractivity contribution in [3.05, 3.63) is 48.5 Å². The van der Waals surface area contributed by atoms with Crippen LogP contribution in [0.15, 0.2) is 58.3 Å². The Morgan fingerprint density at radius 3 is 1.80 bits per heavy atom. The standard InChI is InChI=1S/C12H8OS.Li.H/c1-3-7-11-9(5-1)13-10-6-2-4-8-12(10)14-11;;/h1-8H;;/q;+1;-1. The summed E-state index contributed by atoms with van der Waals surface area (Å²) in [5.74, 6) is 1.91. The van der Waals surface area contributed by atoms with E-state index in [1.54, 1.807) is 11.8 Å². The second-order valence-electron chi connectivity index (χ2n) is 3.10. The summed E-state index contributed by atoms with van der Waals surface area (Å²) in [5.41, 5.74) is 0. The Morgan fingerprint density at radius 2 is 1.27 bits per heavy atom. The van der Waals surface area contributed by atoms with E-state index < -0.39 is 0 Å². The Labute approximate surface area is 107 Å². The van der Waals surface area contributed by atoms with E-state index in [-0.39, 0.29) is 20.3 Å². The summed E-state index contributed by atoms with van der Waals surface area (Å²) >= 11 is 1.76. The topological polar surface area (TPSA) is 9.23 Å². The van der Waals surface area contributed by atoms with Gasteiger partial charge in [-0.05, 0) is 24.3 Å². The van der Waals surface area contributed by atoms with Gasteiger partial charge in [-0.3, -0.25) is 0 Å². The summed E-state index contributed by atoms with van der Waals surface area (Å²) in [6.07, 6.45) is 0. The fourth-order valence-electron chi connectivity index (χ4n) is 1.47. The van der Waals surface area contributed by atoms with E-state index >= 15 is 0 Å². The Balaban J connectivity index is 0.000000640. The molecule has 1 nitrogen and oxygen atoms in total. The second kappa shape index (κ2) is 4.36. The molecule has 0 atom stereocenters. The first-order valence-electron chi connectivity index (χ1n) is 4.47. The van der Waals surface area contributed by atoms with Gasteiger partial charge in [-0.25, -0.2) is 0 Å². The van der Waals surface area contributed by atoms with E-state index in [1.165, 1.54) is 9.79 Å². The molecule has 0 aromatic heterocycles. The molecule has 0 N–H and O–H groups in total. The van der Waals surface area contributed by atoms with E-state index in [0.29, 0.717) is 0 Å². The zero-order valence-corrected chi connectivity index (χ0v) is 9.25. The smallest absolute Gasteiger partial charge is 1.00 e. The van der Waals surface area contributed by atoms with Crippen LogP contribution in [0.25, 0.3) is 0 Å². The average molecular weight is 208 g/mol. The van der Waals surface area contributed by atoms with Crippen LogP contribution in [0.5, 0.6) is 11.5 Å². The molecule has 70 valence electrons. The number of benzene rings is 2. The van der Waals surface area contributed by atoms with Gasteiger partial charge in [0.25, 0.3) is 0 Å². The van der Waals surface area contributed by atoms with E-state index in [4.69, 9.17) is 4.74 Å². The Morgan fingerprint density at radius 1 is 0.800 bits per heavy atom. The van der Waals surface area contributed by atoms with Gasteiger partial charge in [-0.15, -0.1) is 0 Å². The minimum Gasteiger partial charge on any atom is -1.00 e. The Kier molecular flexibility index (Phi) is 3.11. The zero-order chi connectivity index (χ0) is 9.38. The van der Waals surface area contributed by atoms with Crippen LogP contribution in [0.4, 0.5) is 0 Å². The average Bonchev–Trinajstić information content (AvgIpc) is 2.26. The van der Waals surface area contributed by atoms with Gasteiger partial charge in [0.2, 0.25) is 0 Å². The molecule has 0 saturated heterocycles. The van der Waals surface area contributed by atoms with Gasteiger partial charge >= 0.3 is 18.9 Å². The van der Waals surface area contributed by atoms with Crippen LogP contribution in [0.3, 0.4) is 0 Å². The van der Waals surface area contributed by atoms with E-state index in [0.717, 1.165) is 11.5 Å². The molecule has 3 rings (SSSR count). The van der Waals surface area contributed by atoms with E-state index in [1.807, 2.05) is 36.4 Å². The van der Waals surface area contributed by atoms with Crippen molar-refractivity contribution >= 4 is 11.8 Å². The van der Waals surface area contributed by atoms with Gasteiger partial charge in [0.05, 0.1) is 9.79 Å². The van der Waals surface area contributed by atoms with Crippen LogP contribution >= 0.6 is 11.8 Å². The molecule has 0 radical (unpaired) electrons. The number of fused-ring (bicyclic) bond motifs is 2. The van der Waals surface area contributed by atoms with Crippen molar-refractivity contribution in [1.29, 1.82) is 0 Å². The van der Waals surface area contributed by atoms with Crippen LogP contribution in [0.2, 0.25) is 0 Å². The van der Waals surface area contributed by atoms with E-state index in [9.17, 15) is 0 Å². The van der Waals surface area contributed by atoms with Crippen molar-refractivity contribution < 1.29 is 25.0 Å². The third-order valence-corrected chi connectivity index (χ3v) is 3.25. The van der Waals surface area contributed by atoms with Gasteiger partial charge in [0.1, 0.15) is 11.5 Å². The SMILES string of the molecule is [H-].[Li+].c1ccc2c(c1)Oc1ccccc1S2. The molecule has 0 amide bonds. The molecule has 0 saturated carbocycles.